The van der Waals surface area contributed by atoms with Gasteiger partial charge in [0.05, 0.1) is 0 Å². The Labute approximate surface area is 138 Å². The summed E-state index contributed by atoms with van der Waals surface area (Å²) in [5.41, 5.74) is 0.637. The summed E-state index contributed by atoms with van der Waals surface area (Å²) < 4.78 is 0. The zero-order valence-electron chi connectivity index (χ0n) is 15.2. The first-order valence-corrected chi connectivity index (χ1v) is 10.0. The topological polar surface area (TPSA) is 24.1 Å². The fraction of sp³-hybridized carbons (Fsp3) is 1.00. The maximum absolute atomic E-state index is 3.76. The molecule has 4 atom stereocenters. The van der Waals surface area contributed by atoms with Crippen molar-refractivity contribution in [3.8, 4) is 0 Å². The molecule has 4 saturated carbocycles. The van der Waals surface area contributed by atoms with E-state index in [4.69, 9.17) is 0 Å². The molecule has 0 amide bonds. The molecule has 2 unspecified atom stereocenters. The average molecular weight is 307 g/mol. The monoisotopic (exact) mass is 306 g/mol. The maximum Gasteiger partial charge on any atom is 0.00793 e. The second-order valence-electron chi connectivity index (χ2n) is 9.04. The van der Waals surface area contributed by atoms with Crippen molar-refractivity contribution in [2.75, 3.05) is 19.6 Å². The third kappa shape index (κ3) is 3.53. The quantitative estimate of drug-likeness (QED) is 0.689. The van der Waals surface area contributed by atoms with Gasteiger partial charge in [0.25, 0.3) is 0 Å². The average Bonchev–Trinajstić information content (AvgIpc) is 2.55. The van der Waals surface area contributed by atoms with Crippen molar-refractivity contribution in [3.05, 3.63) is 0 Å². The Balaban J connectivity index is 1.28. The predicted molar refractivity (Wildman–Crippen MR) is 95.0 cm³/mol. The van der Waals surface area contributed by atoms with Crippen LogP contribution in [0, 0.1) is 29.1 Å². The van der Waals surface area contributed by atoms with Gasteiger partial charge >= 0.3 is 0 Å². The number of hydrogen-bond donors (Lipinski definition) is 2. The number of fused-ring (bicyclic) bond motifs is 2. The molecule has 2 bridgehead atoms. The van der Waals surface area contributed by atoms with Crippen LogP contribution >= 0.6 is 0 Å². The van der Waals surface area contributed by atoms with Crippen LogP contribution in [-0.2, 0) is 0 Å². The highest BCUT2D eigenvalue weighted by Gasteiger charge is 2.53. The van der Waals surface area contributed by atoms with Crippen LogP contribution in [0.4, 0.5) is 0 Å². The Morgan fingerprint density at radius 2 is 1.77 bits per heavy atom. The van der Waals surface area contributed by atoms with Gasteiger partial charge in [-0.15, -0.1) is 0 Å². The fourth-order valence-electron chi connectivity index (χ4n) is 5.68. The van der Waals surface area contributed by atoms with Crippen LogP contribution in [0.25, 0.3) is 0 Å². The summed E-state index contributed by atoms with van der Waals surface area (Å²) in [5, 5.41) is 7.51. The van der Waals surface area contributed by atoms with Crippen LogP contribution in [0.5, 0.6) is 0 Å². The van der Waals surface area contributed by atoms with Gasteiger partial charge in [-0.1, -0.05) is 33.1 Å². The Morgan fingerprint density at radius 3 is 2.45 bits per heavy atom. The molecule has 0 aromatic carbocycles. The molecule has 4 aliphatic carbocycles. The highest BCUT2D eigenvalue weighted by molar-refractivity contribution is 5.03. The van der Waals surface area contributed by atoms with Crippen LogP contribution in [-0.4, -0.2) is 25.7 Å². The molecule has 0 aromatic heterocycles. The van der Waals surface area contributed by atoms with Crippen molar-refractivity contribution in [3.63, 3.8) is 0 Å². The van der Waals surface area contributed by atoms with Gasteiger partial charge in [-0.05, 0) is 74.7 Å². The molecule has 0 aromatic rings. The van der Waals surface area contributed by atoms with E-state index in [1.165, 1.54) is 57.9 Å². The second-order valence-corrected chi connectivity index (χ2v) is 9.04. The summed E-state index contributed by atoms with van der Waals surface area (Å²) in [6.45, 7) is 10.9. The van der Waals surface area contributed by atoms with Crippen molar-refractivity contribution in [1.82, 2.24) is 10.6 Å². The lowest BCUT2D eigenvalue weighted by atomic mass is 9.45. The molecule has 4 aliphatic rings. The lowest BCUT2D eigenvalue weighted by Crippen LogP contribution is -2.54. The van der Waals surface area contributed by atoms with Gasteiger partial charge in [0.1, 0.15) is 0 Å². The summed E-state index contributed by atoms with van der Waals surface area (Å²) in [6, 6.07) is 0.711. The number of hydrogen-bond acceptors (Lipinski definition) is 2. The summed E-state index contributed by atoms with van der Waals surface area (Å²) in [7, 11) is 0. The zero-order valence-corrected chi connectivity index (χ0v) is 15.2. The molecule has 4 fully saturated rings. The fourth-order valence-corrected chi connectivity index (χ4v) is 5.68. The SMILES string of the molecule is C[C@H](NCCNCC1CC[C@H]2CC1C2(C)C)C1CCCCC1. The van der Waals surface area contributed by atoms with E-state index in [1.54, 1.807) is 0 Å². The minimum Gasteiger partial charge on any atom is -0.315 e. The van der Waals surface area contributed by atoms with Gasteiger partial charge < -0.3 is 10.6 Å². The van der Waals surface area contributed by atoms with Crippen molar-refractivity contribution < 1.29 is 0 Å². The third-order valence-corrected chi connectivity index (χ3v) is 7.53. The molecule has 0 saturated heterocycles. The number of rotatable bonds is 7. The van der Waals surface area contributed by atoms with Gasteiger partial charge in [-0.3, -0.25) is 0 Å². The highest BCUT2D eigenvalue weighted by Crippen LogP contribution is 2.61. The van der Waals surface area contributed by atoms with Gasteiger partial charge in [-0.25, -0.2) is 0 Å². The molecule has 0 radical (unpaired) electrons. The zero-order chi connectivity index (χ0) is 15.6. The molecule has 0 aliphatic heterocycles. The van der Waals surface area contributed by atoms with E-state index in [-0.39, 0.29) is 0 Å². The van der Waals surface area contributed by atoms with Gasteiger partial charge in [0, 0.05) is 19.1 Å². The Bertz CT molecular complexity index is 344. The molecular weight excluding hydrogens is 268 g/mol. The van der Waals surface area contributed by atoms with E-state index in [9.17, 15) is 0 Å². The van der Waals surface area contributed by atoms with E-state index < -0.39 is 0 Å². The first-order chi connectivity index (χ1) is 10.6. The maximum atomic E-state index is 3.76. The van der Waals surface area contributed by atoms with Crippen LogP contribution in [0.1, 0.15) is 72.1 Å². The predicted octanol–water partition coefficient (Wildman–Crippen LogP) is 4.21. The van der Waals surface area contributed by atoms with Gasteiger partial charge in [0.15, 0.2) is 0 Å². The second kappa shape index (κ2) is 7.21. The molecule has 22 heavy (non-hydrogen) atoms. The lowest BCUT2D eigenvalue weighted by Gasteiger charge is -2.60. The van der Waals surface area contributed by atoms with Gasteiger partial charge in [0.2, 0.25) is 0 Å². The standard InChI is InChI=1S/C20H38N2/c1-15(16-7-5-4-6-8-16)22-12-11-21-14-17-9-10-18-13-19(17)20(18,2)3/h15-19,21-22H,4-14H2,1-3H3/t15-,17?,18-,19?/m0/s1. The first kappa shape index (κ1) is 16.8. The summed E-state index contributed by atoms with van der Waals surface area (Å²) in [5.74, 6) is 3.90. The minimum absolute atomic E-state index is 0.637. The van der Waals surface area contributed by atoms with Crippen LogP contribution < -0.4 is 10.6 Å². The molecule has 2 nitrogen and oxygen atoms in total. The molecule has 128 valence electrons. The Kier molecular flexibility index (Phi) is 5.50. The first-order valence-electron chi connectivity index (χ1n) is 10.0. The smallest absolute Gasteiger partial charge is 0.00793 e. The van der Waals surface area contributed by atoms with E-state index in [0.29, 0.717) is 11.5 Å². The van der Waals surface area contributed by atoms with E-state index in [2.05, 4.69) is 31.4 Å². The van der Waals surface area contributed by atoms with Crippen molar-refractivity contribution in [1.29, 1.82) is 0 Å². The van der Waals surface area contributed by atoms with Crippen LogP contribution in [0.3, 0.4) is 0 Å². The van der Waals surface area contributed by atoms with Crippen molar-refractivity contribution in [2.45, 2.75) is 78.2 Å². The van der Waals surface area contributed by atoms with Crippen LogP contribution in [0.2, 0.25) is 0 Å². The third-order valence-electron chi connectivity index (χ3n) is 7.53. The highest BCUT2D eigenvalue weighted by atomic mass is 15.0. The molecule has 0 spiro atoms. The lowest BCUT2D eigenvalue weighted by molar-refractivity contribution is -0.103. The Hall–Kier alpha value is -0.0800. The summed E-state index contributed by atoms with van der Waals surface area (Å²) in [4.78, 5) is 0. The number of nitrogens with one attached hydrogen (secondary N) is 2. The summed E-state index contributed by atoms with van der Waals surface area (Å²) in [6.07, 6.45) is 11.7. The van der Waals surface area contributed by atoms with E-state index in [1.807, 2.05) is 0 Å². The normalized spacial score (nSPS) is 35.9. The largest absolute Gasteiger partial charge is 0.315 e. The van der Waals surface area contributed by atoms with Crippen molar-refractivity contribution in [2.24, 2.45) is 29.1 Å². The van der Waals surface area contributed by atoms with Crippen LogP contribution in [0.15, 0.2) is 0 Å². The minimum atomic E-state index is 0.637. The molecular formula is C20H38N2. The molecule has 4 rings (SSSR count). The summed E-state index contributed by atoms with van der Waals surface area (Å²) >= 11 is 0. The van der Waals surface area contributed by atoms with E-state index >= 15 is 0 Å². The Morgan fingerprint density at radius 1 is 1.00 bits per heavy atom. The van der Waals surface area contributed by atoms with Gasteiger partial charge in [-0.2, -0.15) is 0 Å². The molecule has 2 heteroatoms. The van der Waals surface area contributed by atoms with Crippen molar-refractivity contribution >= 4 is 0 Å². The molecule has 2 N–H and O–H groups in total. The van der Waals surface area contributed by atoms with E-state index in [0.717, 1.165) is 36.8 Å². The molecule has 0 heterocycles.